The molecule has 0 amide bonds. The summed E-state index contributed by atoms with van der Waals surface area (Å²) in [5.41, 5.74) is 8.36. The van der Waals surface area contributed by atoms with Crippen molar-refractivity contribution in [3.63, 3.8) is 0 Å². The van der Waals surface area contributed by atoms with E-state index in [1.807, 2.05) is 6.07 Å². The van der Waals surface area contributed by atoms with E-state index in [-0.39, 0.29) is 5.92 Å². The summed E-state index contributed by atoms with van der Waals surface area (Å²) in [6, 6.07) is 23.9. The second kappa shape index (κ2) is 8.84. The van der Waals surface area contributed by atoms with Crippen LogP contribution < -0.4 is 9.80 Å². The average Bonchev–Trinajstić information content (AvgIpc) is 3.20. The lowest BCUT2D eigenvalue weighted by molar-refractivity contribution is 0.856. The third-order valence-corrected chi connectivity index (χ3v) is 6.12. The highest BCUT2D eigenvalue weighted by Gasteiger charge is 2.23. The first-order valence-electron chi connectivity index (χ1n) is 11.1. The third-order valence-electron chi connectivity index (χ3n) is 6.12. The Kier molecular flexibility index (Phi) is 5.99. The van der Waals surface area contributed by atoms with Gasteiger partial charge in [-0.15, -0.1) is 0 Å². The highest BCUT2D eigenvalue weighted by molar-refractivity contribution is 5.75. The Hall–Kier alpha value is -3.27. The Balaban J connectivity index is 1.84. The zero-order valence-electron chi connectivity index (χ0n) is 19.2. The van der Waals surface area contributed by atoms with Gasteiger partial charge < -0.3 is 14.8 Å². The third kappa shape index (κ3) is 4.15. The lowest BCUT2D eigenvalue weighted by Crippen LogP contribution is -2.22. The number of benzene rings is 3. The van der Waals surface area contributed by atoms with Gasteiger partial charge in [0, 0.05) is 38.6 Å². The molecule has 0 aliphatic carbocycles. The maximum atomic E-state index is 4.98. The molecule has 1 heterocycles. The monoisotopic (exact) mass is 412 g/mol. The Morgan fingerprint density at radius 2 is 1.55 bits per heavy atom. The topological polar surface area (TPSA) is 35.2 Å². The molecule has 160 valence electrons. The number of fused-ring (bicyclic) bond motifs is 1. The van der Waals surface area contributed by atoms with Crippen molar-refractivity contribution in [2.24, 2.45) is 0 Å². The van der Waals surface area contributed by atoms with Gasteiger partial charge in [0.25, 0.3) is 0 Å². The second-order valence-electron chi connectivity index (χ2n) is 8.27. The summed E-state index contributed by atoms with van der Waals surface area (Å²) in [4.78, 5) is 13.1. The maximum Gasteiger partial charge on any atom is 0.119 e. The van der Waals surface area contributed by atoms with Gasteiger partial charge in [-0.05, 0) is 73.9 Å². The lowest BCUT2D eigenvalue weighted by Gasteiger charge is -2.24. The van der Waals surface area contributed by atoms with Gasteiger partial charge in [-0.25, -0.2) is 4.98 Å². The molecule has 4 heteroatoms. The fraction of sp³-hybridized carbons (Fsp3) is 0.296. The summed E-state index contributed by atoms with van der Waals surface area (Å²) in [5, 5.41) is 0. The van der Waals surface area contributed by atoms with Crippen molar-refractivity contribution in [3.8, 4) is 0 Å². The molecule has 1 unspecified atom stereocenters. The van der Waals surface area contributed by atoms with Gasteiger partial charge in [-0.1, -0.05) is 30.3 Å². The smallest absolute Gasteiger partial charge is 0.119 e. The molecule has 4 rings (SSSR count). The number of anilines is 2. The molecule has 0 saturated heterocycles. The first-order chi connectivity index (χ1) is 15.0. The van der Waals surface area contributed by atoms with E-state index in [1.165, 1.54) is 28.1 Å². The Labute approximate surface area is 185 Å². The number of imidazole rings is 1. The van der Waals surface area contributed by atoms with Crippen LogP contribution in [0.1, 0.15) is 42.3 Å². The predicted molar refractivity (Wildman–Crippen MR) is 133 cm³/mol. The molecular weight excluding hydrogens is 380 g/mol. The molecule has 4 nitrogen and oxygen atoms in total. The van der Waals surface area contributed by atoms with E-state index in [0.717, 1.165) is 29.9 Å². The number of hydrogen-bond donors (Lipinski definition) is 1. The van der Waals surface area contributed by atoms with E-state index in [1.54, 1.807) is 0 Å². The van der Waals surface area contributed by atoms with Crippen molar-refractivity contribution in [1.29, 1.82) is 0 Å². The van der Waals surface area contributed by atoms with E-state index in [2.05, 4.69) is 110 Å². The number of nitrogens with one attached hydrogen (secondary N) is 1. The van der Waals surface area contributed by atoms with Crippen LogP contribution in [0.3, 0.4) is 0 Å². The standard InChI is InChI=1S/C27H32N4/c1-6-31(7-2)22-16-17-23(19(3)18-22)26(20-12-14-21(15-13-20)30(4)5)27-28-24-10-8-9-11-25(24)29-27/h8-18,26H,6-7H2,1-5H3,(H,28,29). The van der Waals surface area contributed by atoms with Gasteiger partial charge in [-0.3, -0.25) is 0 Å². The number of rotatable bonds is 7. The number of H-pyrrole nitrogens is 1. The van der Waals surface area contributed by atoms with E-state index in [0.29, 0.717) is 0 Å². The Bertz CT molecular complexity index is 1120. The van der Waals surface area contributed by atoms with Gasteiger partial charge in [0.1, 0.15) is 5.82 Å². The number of aromatic nitrogens is 2. The van der Waals surface area contributed by atoms with Gasteiger partial charge in [0.05, 0.1) is 17.0 Å². The maximum absolute atomic E-state index is 4.98. The molecule has 0 saturated carbocycles. The van der Waals surface area contributed by atoms with Crippen LogP contribution in [-0.4, -0.2) is 37.2 Å². The SMILES string of the molecule is CCN(CC)c1ccc(C(c2ccc(N(C)C)cc2)c2nc3ccccc3[nH]2)c(C)c1. The van der Waals surface area contributed by atoms with Crippen molar-refractivity contribution in [1.82, 2.24) is 9.97 Å². The summed E-state index contributed by atoms with van der Waals surface area (Å²) in [7, 11) is 4.14. The molecular formula is C27H32N4. The summed E-state index contributed by atoms with van der Waals surface area (Å²) in [5.74, 6) is 1.03. The van der Waals surface area contributed by atoms with E-state index in [9.17, 15) is 0 Å². The zero-order valence-corrected chi connectivity index (χ0v) is 19.2. The second-order valence-corrected chi connectivity index (χ2v) is 8.27. The average molecular weight is 413 g/mol. The summed E-state index contributed by atoms with van der Waals surface area (Å²) >= 11 is 0. The van der Waals surface area contributed by atoms with Crippen molar-refractivity contribution in [3.05, 3.63) is 89.2 Å². The van der Waals surface area contributed by atoms with E-state index in [4.69, 9.17) is 4.98 Å². The molecule has 1 aromatic heterocycles. The highest BCUT2D eigenvalue weighted by Crippen LogP contribution is 2.35. The number of para-hydroxylation sites is 2. The molecule has 0 bridgehead atoms. The van der Waals surface area contributed by atoms with Gasteiger partial charge in [0.15, 0.2) is 0 Å². The van der Waals surface area contributed by atoms with E-state index < -0.39 is 0 Å². The van der Waals surface area contributed by atoms with Crippen molar-refractivity contribution in [2.75, 3.05) is 37.0 Å². The molecule has 0 aliphatic rings. The van der Waals surface area contributed by atoms with E-state index >= 15 is 0 Å². The van der Waals surface area contributed by atoms with Gasteiger partial charge in [-0.2, -0.15) is 0 Å². The highest BCUT2D eigenvalue weighted by atomic mass is 15.1. The van der Waals surface area contributed by atoms with Crippen molar-refractivity contribution in [2.45, 2.75) is 26.7 Å². The molecule has 0 aliphatic heterocycles. The van der Waals surface area contributed by atoms with Crippen LogP contribution in [0.15, 0.2) is 66.7 Å². The largest absolute Gasteiger partial charge is 0.378 e. The summed E-state index contributed by atoms with van der Waals surface area (Å²) in [6.07, 6.45) is 0. The van der Waals surface area contributed by atoms with Crippen LogP contribution in [0, 0.1) is 6.92 Å². The fourth-order valence-electron chi connectivity index (χ4n) is 4.33. The molecule has 0 radical (unpaired) electrons. The van der Waals surface area contributed by atoms with Crippen LogP contribution in [0.25, 0.3) is 11.0 Å². The van der Waals surface area contributed by atoms with Crippen LogP contribution in [0.2, 0.25) is 0 Å². The van der Waals surface area contributed by atoms with Crippen LogP contribution in [0.5, 0.6) is 0 Å². The summed E-state index contributed by atoms with van der Waals surface area (Å²) < 4.78 is 0. The first-order valence-corrected chi connectivity index (χ1v) is 11.1. The molecule has 3 aromatic carbocycles. The zero-order chi connectivity index (χ0) is 22.0. The van der Waals surface area contributed by atoms with Crippen molar-refractivity contribution >= 4 is 22.4 Å². The van der Waals surface area contributed by atoms with Crippen LogP contribution in [0.4, 0.5) is 11.4 Å². The van der Waals surface area contributed by atoms with Gasteiger partial charge in [0.2, 0.25) is 0 Å². The number of nitrogens with zero attached hydrogens (tertiary/aromatic N) is 3. The quantitative estimate of drug-likeness (QED) is 0.406. The number of aromatic amines is 1. The minimum absolute atomic E-state index is 0.0503. The normalized spacial score (nSPS) is 12.2. The molecule has 0 fully saturated rings. The predicted octanol–water partition coefficient (Wildman–Crippen LogP) is 5.96. The summed E-state index contributed by atoms with van der Waals surface area (Å²) in [6.45, 7) is 8.64. The Morgan fingerprint density at radius 3 is 2.16 bits per heavy atom. The first kappa shape index (κ1) is 21.0. The Morgan fingerprint density at radius 1 is 0.871 bits per heavy atom. The molecule has 1 N–H and O–H groups in total. The molecule has 31 heavy (non-hydrogen) atoms. The van der Waals surface area contributed by atoms with Crippen molar-refractivity contribution < 1.29 is 0 Å². The number of hydrogen-bond acceptors (Lipinski definition) is 3. The minimum atomic E-state index is 0.0503. The number of aryl methyl sites for hydroxylation is 1. The van der Waals surface area contributed by atoms with Crippen LogP contribution >= 0.6 is 0 Å². The molecule has 1 atom stereocenters. The lowest BCUT2D eigenvalue weighted by atomic mass is 9.87. The van der Waals surface area contributed by atoms with Crippen LogP contribution in [-0.2, 0) is 0 Å². The van der Waals surface area contributed by atoms with Gasteiger partial charge >= 0.3 is 0 Å². The minimum Gasteiger partial charge on any atom is -0.378 e. The molecule has 0 spiro atoms. The fourth-order valence-corrected chi connectivity index (χ4v) is 4.33. The molecule has 4 aromatic rings.